The van der Waals surface area contributed by atoms with Crippen molar-refractivity contribution in [2.75, 3.05) is 26.2 Å². The van der Waals surface area contributed by atoms with Crippen molar-refractivity contribution in [3.05, 3.63) is 46.2 Å². The van der Waals surface area contributed by atoms with Crippen LogP contribution in [0, 0.1) is 5.92 Å². The monoisotopic (exact) mass is 327 g/mol. The zero-order valence-corrected chi connectivity index (χ0v) is 14.4. The minimum absolute atomic E-state index is 0.0213. The van der Waals surface area contributed by atoms with Gasteiger partial charge in [-0.15, -0.1) is 0 Å². The Morgan fingerprint density at radius 2 is 1.88 bits per heavy atom. The van der Waals surface area contributed by atoms with Crippen LogP contribution >= 0.6 is 0 Å². The van der Waals surface area contributed by atoms with E-state index < -0.39 is 0 Å². The average molecular weight is 327 g/mol. The van der Waals surface area contributed by atoms with E-state index in [0.717, 1.165) is 42.6 Å². The average Bonchev–Trinajstić information content (AvgIpc) is 2.55. The summed E-state index contributed by atoms with van der Waals surface area (Å²) in [7, 11) is 0. The summed E-state index contributed by atoms with van der Waals surface area (Å²) in [6.07, 6.45) is 0.615. The van der Waals surface area contributed by atoms with Crippen LogP contribution in [0.4, 0.5) is 0 Å². The Morgan fingerprint density at radius 3 is 2.58 bits per heavy atom. The lowest BCUT2D eigenvalue weighted by atomic mass is 10.1. The van der Waals surface area contributed by atoms with Crippen molar-refractivity contribution >= 4 is 16.8 Å². The Morgan fingerprint density at radius 1 is 1.17 bits per heavy atom. The molecule has 1 N–H and O–H groups in total. The van der Waals surface area contributed by atoms with Crippen molar-refractivity contribution < 1.29 is 4.79 Å². The molecular weight excluding hydrogens is 302 g/mol. The predicted octanol–water partition coefficient (Wildman–Crippen LogP) is 2.22. The highest BCUT2D eigenvalue weighted by Gasteiger charge is 2.22. The van der Waals surface area contributed by atoms with E-state index in [1.807, 2.05) is 35.2 Å². The van der Waals surface area contributed by atoms with Gasteiger partial charge in [0.05, 0.1) is 0 Å². The van der Waals surface area contributed by atoms with Crippen LogP contribution in [0.5, 0.6) is 0 Å². The number of H-pyrrole nitrogens is 1. The fourth-order valence-electron chi connectivity index (χ4n) is 3.18. The smallest absolute Gasteiger partial charge is 0.252 e. The zero-order valence-electron chi connectivity index (χ0n) is 14.4. The fourth-order valence-corrected chi connectivity index (χ4v) is 3.18. The summed E-state index contributed by atoms with van der Waals surface area (Å²) in [5.41, 5.74) is 1.64. The summed E-state index contributed by atoms with van der Waals surface area (Å²) in [5.74, 6) is 0.639. The van der Waals surface area contributed by atoms with Crippen LogP contribution in [-0.4, -0.2) is 46.9 Å². The molecule has 0 atom stereocenters. The number of hydrogen-bond donors (Lipinski definition) is 1. The number of hydrogen-bond acceptors (Lipinski definition) is 3. The Bertz CT molecular complexity index is 774. The minimum atomic E-state index is -0.0213. The van der Waals surface area contributed by atoms with Crippen LogP contribution in [0.3, 0.4) is 0 Å². The van der Waals surface area contributed by atoms with Gasteiger partial charge in [0.2, 0.25) is 5.91 Å². The maximum Gasteiger partial charge on any atom is 0.252 e. The molecule has 128 valence electrons. The molecule has 2 heterocycles. The molecule has 1 aromatic carbocycles. The number of aromatic nitrogens is 1. The molecule has 2 aromatic rings. The second kappa shape index (κ2) is 7.18. The largest absolute Gasteiger partial charge is 0.340 e. The topological polar surface area (TPSA) is 56.4 Å². The number of amides is 1. The van der Waals surface area contributed by atoms with Gasteiger partial charge in [-0.3, -0.25) is 14.5 Å². The molecule has 5 heteroatoms. The molecule has 0 unspecified atom stereocenters. The van der Waals surface area contributed by atoms with Crippen LogP contribution in [0.2, 0.25) is 0 Å². The summed E-state index contributed by atoms with van der Waals surface area (Å²) >= 11 is 0. The van der Waals surface area contributed by atoms with Crippen molar-refractivity contribution in [3.63, 3.8) is 0 Å². The molecule has 5 nitrogen and oxygen atoms in total. The highest BCUT2D eigenvalue weighted by molar-refractivity contribution is 5.78. The third-order valence-electron chi connectivity index (χ3n) is 4.53. The number of pyridine rings is 1. The summed E-state index contributed by atoms with van der Waals surface area (Å²) in [6, 6.07) is 9.80. The number of nitrogens with one attached hydrogen (secondary N) is 1. The molecule has 1 saturated heterocycles. The Hall–Kier alpha value is -2.14. The molecule has 1 aliphatic rings. The molecule has 1 fully saturated rings. The first-order chi connectivity index (χ1) is 11.5. The Kier molecular flexibility index (Phi) is 5.00. The molecule has 24 heavy (non-hydrogen) atoms. The normalized spacial score (nSPS) is 16.0. The predicted molar refractivity (Wildman–Crippen MR) is 95.9 cm³/mol. The number of para-hydroxylation sites is 1. The van der Waals surface area contributed by atoms with E-state index in [2.05, 4.69) is 23.7 Å². The molecule has 0 saturated carbocycles. The van der Waals surface area contributed by atoms with E-state index in [9.17, 15) is 9.59 Å². The number of carbonyl (C=O) groups excluding carboxylic acids is 1. The van der Waals surface area contributed by atoms with Gasteiger partial charge in [0, 0.05) is 50.2 Å². The summed E-state index contributed by atoms with van der Waals surface area (Å²) in [6.45, 7) is 7.90. The zero-order chi connectivity index (χ0) is 17.1. The number of aromatic amines is 1. The first kappa shape index (κ1) is 16.7. The molecular formula is C19H25N3O2. The lowest BCUT2D eigenvalue weighted by Crippen LogP contribution is -2.48. The SMILES string of the molecule is CC(C)CC(=O)N1CCN(Cc2cc3ccccc3[nH]c2=O)CC1. The van der Waals surface area contributed by atoms with E-state index in [0.29, 0.717) is 18.9 Å². The molecule has 1 aliphatic heterocycles. The third-order valence-corrected chi connectivity index (χ3v) is 4.53. The van der Waals surface area contributed by atoms with E-state index in [1.54, 1.807) is 0 Å². The summed E-state index contributed by atoms with van der Waals surface area (Å²) in [4.78, 5) is 31.5. The van der Waals surface area contributed by atoms with Crippen LogP contribution in [0.15, 0.2) is 35.1 Å². The Labute approximate surface area is 142 Å². The number of rotatable bonds is 4. The van der Waals surface area contributed by atoms with Crippen LogP contribution < -0.4 is 5.56 Å². The van der Waals surface area contributed by atoms with E-state index in [-0.39, 0.29) is 11.5 Å². The van der Waals surface area contributed by atoms with Crippen molar-refractivity contribution in [1.82, 2.24) is 14.8 Å². The van der Waals surface area contributed by atoms with Gasteiger partial charge in [0.25, 0.3) is 5.56 Å². The van der Waals surface area contributed by atoms with E-state index in [4.69, 9.17) is 0 Å². The number of carbonyl (C=O) groups is 1. The quantitative estimate of drug-likeness (QED) is 0.937. The summed E-state index contributed by atoms with van der Waals surface area (Å²) in [5, 5.41) is 1.05. The first-order valence-electron chi connectivity index (χ1n) is 8.64. The van der Waals surface area contributed by atoms with Crippen LogP contribution in [0.1, 0.15) is 25.8 Å². The van der Waals surface area contributed by atoms with Crippen molar-refractivity contribution in [2.45, 2.75) is 26.8 Å². The second-order valence-electron chi connectivity index (χ2n) is 6.97. The van der Waals surface area contributed by atoms with Gasteiger partial charge in [0.15, 0.2) is 0 Å². The first-order valence-corrected chi connectivity index (χ1v) is 8.64. The number of benzene rings is 1. The van der Waals surface area contributed by atoms with Gasteiger partial charge in [-0.25, -0.2) is 0 Å². The van der Waals surface area contributed by atoms with Gasteiger partial charge < -0.3 is 9.88 Å². The second-order valence-corrected chi connectivity index (χ2v) is 6.97. The van der Waals surface area contributed by atoms with Crippen LogP contribution in [-0.2, 0) is 11.3 Å². The number of nitrogens with zero attached hydrogens (tertiary/aromatic N) is 2. The van der Waals surface area contributed by atoms with E-state index in [1.165, 1.54) is 0 Å². The molecule has 0 bridgehead atoms. The molecule has 0 aliphatic carbocycles. The molecule has 1 amide bonds. The van der Waals surface area contributed by atoms with E-state index >= 15 is 0 Å². The fraction of sp³-hybridized carbons (Fsp3) is 0.474. The summed E-state index contributed by atoms with van der Waals surface area (Å²) < 4.78 is 0. The lowest BCUT2D eigenvalue weighted by Gasteiger charge is -2.35. The van der Waals surface area contributed by atoms with Gasteiger partial charge >= 0.3 is 0 Å². The number of piperazine rings is 1. The molecule has 1 aromatic heterocycles. The highest BCUT2D eigenvalue weighted by Crippen LogP contribution is 2.13. The standard InChI is InChI=1S/C19H25N3O2/c1-14(2)11-18(23)22-9-7-21(8-10-22)13-16-12-15-5-3-4-6-17(15)20-19(16)24/h3-6,12,14H,7-11,13H2,1-2H3,(H,20,24). The van der Waals surface area contributed by atoms with Gasteiger partial charge in [-0.2, -0.15) is 0 Å². The van der Waals surface area contributed by atoms with Crippen molar-refractivity contribution in [1.29, 1.82) is 0 Å². The van der Waals surface area contributed by atoms with Gasteiger partial charge in [-0.05, 0) is 23.4 Å². The lowest BCUT2D eigenvalue weighted by molar-refractivity contribution is -0.133. The van der Waals surface area contributed by atoms with Gasteiger partial charge in [-0.1, -0.05) is 32.0 Å². The third kappa shape index (κ3) is 3.85. The highest BCUT2D eigenvalue weighted by atomic mass is 16.2. The number of fused-ring (bicyclic) bond motifs is 1. The van der Waals surface area contributed by atoms with Crippen LogP contribution in [0.25, 0.3) is 10.9 Å². The van der Waals surface area contributed by atoms with Gasteiger partial charge in [0.1, 0.15) is 0 Å². The van der Waals surface area contributed by atoms with Crippen molar-refractivity contribution in [3.8, 4) is 0 Å². The molecule has 0 radical (unpaired) electrons. The molecule has 3 rings (SSSR count). The molecule has 0 spiro atoms. The maximum atomic E-state index is 12.3. The maximum absolute atomic E-state index is 12.3. The Balaban J connectivity index is 1.63. The van der Waals surface area contributed by atoms with Crippen molar-refractivity contribution in [2.24, 2.45) is 5.92 Å². The minimum Gasteiger partial charge on any atom is -0.340 e.